The molecule has 0 heterocycles. The normalized spacial score (nSPS) is 16.1. The first kappa shape index (κ1) is 64.8. The van der Waals surface area contributed by atoms with Gasteiger partial charge in [-0.05, 0) is 87.2 Å². The van der Waals surface area contributed by atoms with Crippen molar-refractivity contribution in [2.75, 3.05) is 7.11 Å². The summed E-state index contributed by atoms with van der Waals surface area (Å²) in [6.45, 7) is 23.2. The van der Waals surface area contributed by atoms with Crippen LogP contribution in [0.1, 0.15) is 146 Å². The molecule has 0 saturated heterocycles. The molecule has 0 spiro atoms. The van der Waals surface area contributed by atoms with Gasteiger partial charge in [0.1, 0.15) is 53.4 Å². The highest BCUT2D eigenvalue weighted by Gasteiger charge is 2.45. The Morgan fingerprint density at radius 2 is 0.870 bits per heavy atom. The van der Waals surface area contributed by atoms with E-state index in [4.69, 9.17) is 9.47 Å². The van der Waals surface area contributed by atoms with Crippen molar-refractivity contribution in [3.05, 3.63) is 71.8 Å². The average Bonchev–Trinajstić information content (AvgIpc) is 3.34. The third-order valence-electron chi connectivity index (χ3n) is 13.3. The fraction of sp³-hybridized carbons (Fsp3) is 0.638. The van der Waals surface area contributed by atoms with Gasteiger partial charge in [-0.3, -0.25) is 33.6 Å². The van der Waals surface area contributed by atoms with Gasteiger partial charge in [0.25, 0.3) is 0 Å². The van der Waals surface area contributed by atoms with Gasteiger partial charge in [0.2, 0.25) is 41.4 Å². The van der Waals surface area contributed by atoms with Crippen molar-refractivity contribution in [1.29, 1.82) is 0 Å². The van der Waals surface area contributed by atoms with Crippen LogP contribution in [-0.2, 0) is 60.7 Å². The molecule has 19 nitrogen and oxygen atoms in total. The Balaban J connectivity index is 1.90. The molecule has 0 radical (unpaired) electrons. The molecule has 2 aromatic carbocycles. The molecule has 77 heavy (non-hydrogen) atoms. The van der Waals surface area contributed by atoms with Crippen LogP contribution in [-0.4, -0.2) is 114 Å². The molecule has 1 saturated carbocycles. The van der Waals surface area contributed by atoms with Gasteiger partial charge in [0.15, 0.2) is 0 Å². The van der Waals surface area contributed by atoms with E-state index in [0.29, 0.717) is 12.8 Å². The van der Waals surface area contributed by atoms with Gasteiger partial charge in [-0.1, -0.05) is 149 Å². The van der Waals surface area contributed by atoms with E-state index in [9.17, 15) is 43.2 Å². The SMILES string of the molecule is COC(=O)[C@@H](NC(=O)[C@H](Cc1ccccc1)NC(=O)[C@H](CC(C)C)NC(=O)[C@@H](NC(=O)C1(NC(=O)[C@@H](NC(=O)[C@H](Cc2ccccc2)NC(=O)[C@H](CC(C)C)NC(=O)OC(C)(C)C)C(C)C)CCCCC1)C(C)C)C(C)C. The topological polar surface area (TPSA) is 268 Å². The minimum absolute atomic E-state index is 0.0243. The van der Waals surface area contributed by atoms with Crippen LogP contribution in [0.5, 0.6) is 0 Å². The number of hydrogen-bond acceptors (Lipinski definition) is 11. The molecule has 1 aliphatic rings. The summed E-state index contributed by atoms with van der Waals surface area (Å²) in [5.74, 6) is -6.54. The summed E-state index contributed by atoms with van der Waals surface area (Å²) >= 11 is 0. The number of carbonyl (C=O) groups is 9. The lowest BCUT2D eigenvalue weighted by Gasteiger charge is -2.39. The van der Waals surface area contributed by atoms with Gasteiger partial charge in [-0.15, -0.1) is 0 Å². The lowest BCUT2D eigenvalue weighted by atomic mass is 9.80. The fourth-order valence-electron chi connectivity index (χ4n) is 9.14. The van der Waals surface area contributed by atoms with Crippen molar-refractivity contribution in [3.63, 3.8) is 0 Å². The molecule has 0 bridgehead atoms. The smallest absolute Gasteiger partial charge is 0.408 e. The molecule has 3 rings (SSSR count). The predicted molar refractivity (Wildman–Crippen MR) is 294 cm³/mol. The molecule has 1 fully saturated rings. The quantitative estimate of drug-likeness (QED) is 0.0531. The van der Waals surface area contributed by atoms with Crippen molar-refractivity contribution in [2.45, 2.75) is 201 Å². The van der Waals surface area contributed by atoms with E-state index in [1.165, 1.54) is 7.11 Å². The first-order valence-corrected chi connectivity index (χ1v) is 27.4. The van der Waals surface area contributed by atoms with E-state index in [1.54, 1.807) is 111 Å². The standard InChI is InChI=1S/C58H90N8O11/c1-34(2)30-41(48(67)59-44(33-40-26-20-16-21-27-40)51(70)64-47(38(9)10)54(73)76-14)61-52(71)45(36(5)6)65-55(74)58(28-22-17-23-29-58)66-53(72)46(37(7)8)63-50(69)43(32-39-24-18-15-19-25-39)60-49(68)42(31-35(3)4)62-56(75)77-57(11,12)13/h15-16,18-21,24-27,34-38,41-47H,17,22-23,28-33H2,1-14H3,(H,59,67)(H,60,68)(H,61,71)(H,62,75)(H,63,69)(H,64,70)(H,65,74)(H,66,72)/t41-,42-,43-,44-,45-,46-,47-/m0/s1. The van der Waals surface area contributed by atoms with Gasteiger partial charge in [-0.2, -0.15) is 0 Å². The van der Waals surface area contributed by atoms with Crippen LogP contribution in [0.15, 0.2) is 60.7 Å². The highest BCUT2D eigenvalue weighted by Crippen LogP contribution is 2.30. The number of hydrogen-bond donors (Lipinski definition) is 8. The first-order chi connectivity index (χ1) is 36.1. The van der Waals surface area contributed by atoms with Crippen LogP contribution in [0.25, 0.3) is 0 Å². The first-order valence-electron chi connectivity index (χ1n) is 27.4. The Hall–Kier alpha value is -6.53. The summed E-state index contributed by atoms with van der Waals surface area (Å²) in [6.07, 6.45) is 2.18. The van der Waals surface area contributed by atoms with Crippen molar-refractivity contribution in [3.8, 4) is 0 Å². The molecule has 7 atom stereocenters. The molecule has 8 N–H and O–H groups in total. The summed E-state index contributed by atoms with van der Waals surface area (Å²) in [7, 11) is 1.23. The summed E-state index contributed by atoms with van der Waals surface area (Å²) in [5, 5.41) is 22.7. The lowest BCUT2D eigenvalue weighted by Crippen LogP contribution is -2.67. The molecule has 0 unspecified atom stereocenters. The minimum atomic E-state index is -1.49. The average molecular weight is 1080 g/mol. The number of amides is 8. The minimum Gasteiger partial charge on any atom is -0.467 e. The number of carbonyl (C=O) groups excluding carboxylic acids is 9. The van der Waals surface area contributed by atoms with Crippen molar-refractivity contribution < 1.29 is 52.6 Å². The van der Waals surface area contributed by atoms with Crippen molar-refractivity contribution in [1.82, 2.24) is 42.5 Å². The van der Waals surface area contributed by atoms with Gasteiger partial charge >= 0.3 is 12.1 Å². The molecular weight excluding hydrogens is 985 g/mol. The molecule has 19 heteroatoms. The molecule has 8 amide bonds. The van der Waals surface area contributed by atoms with E-state index < -0.39 is 119 Å². The molecule has 0 aromatic heterocycles. The summed E-state index contributed by atoms with van der Waals surface area (Å²) in [4.78, 5) is 126. The largest absolute Gasteiger partial charge is 0.467 e. The van der Waals surface area contributed by atoms with Crippen LogP contribution in [0.4, 0.5) is 4.79 Å². The van der Waals surface area contributed by atoms with Gasteiger partial charge in [0, 0.05) is 12.8 Å². The van der Waals surface area contributed by atoms with Crippen LogP contribution < -0.4 is 42.5 Å². The Bertz CT molecular complexity index is 2280. The van der Waals surface area contributed by atoms with Gasteiger partial charge < -0.3 is 52.0 Å². The number of esters is 1. The maximum atomic E-state index is 14.8. The highest BCUT2D eigenvalue weighted by molar-refractivity contribution is 5.99. The van der Waals surface area contributed by atoms with E-state index >= 15 is 0 Å². The second-order valence-electron chi connectivity index (χ2n) is 23.3. The monoisotopic (exact) mass is 1070 g/mol. The summed E-state index contributed by atoms with van der Waals surface area (Å²) < 4.78 is 10.4. The third-order valence-corrected chi connectivity index (χ3v) is 13.3. The fourth-order valence-corrected chi connectivity index (χ4v) is 9.14. The summed E-state index contributed by atoms with van der Waals surface area (Å²) in [5.41, 5.74) is -0.847. The zero-order chi connectivity index (χ0) is 57.8. The van der Waals surface area contributed by atoms with E-state index in [2.05, 4.69) is 42.5 Å². The lowest BCUT2D eigenvalue weighted by molar-refractivity contribution is -0.146. The van der Waals surface area contributed by atoms with Crippen LogP contribution in [0.2, 0.25) is 0 Å². The molecular formula is C58H90N8O11. The molecule has 2 aromatic rings. The van der Waals surface area contributed by atoms with E-state index in [-0.39, 0.29) is 56.3 Å². The Morgan fingerprint density at radius 1 is 0.481 bits per heavy atom. The van der Waals surface area contributed by atoms with Crippen molar-refractivity contribution >= 4 is 53.4 Å². The maximum Gasteiger partial charge on any atom is 0.408 e. The van der Waals surface area contributed by atoms with Crippen LogP contribution in [0.3, 0.4) is 0 Å². The van der Waals surface area contributed by atoms with E-state index in [1.807, 2.05) is 39.8 Å². The van der Waals surface area contributed by atoms with Crippen LogP contribution in [0, 0.1) is 29.6 Å². The Kier molecular flexibility index (Phi) is 25.6. The van der Waals surface area contributed by atoms with E-state index in [0.717, 1.165) is 17.5 Å². The van der Waals surface area contributed by atoms with Gasteiger partial charge in [0.05, 0.1) is 7.11 Å². The second kappa shape index (κ2) is 30.4. The molecule has 428 valence electrons. The number of benzene rings is 2. The molecule has 1 aliphatic carbocycles. The maximum absolute atomic E-state index is 14.8. The third kappa shape index (κ3) is 21.4. The number of rotatable bonds is 27. The number of nitrogens with one attached hydrogen (secondary N) is 8. The van der Waals surface area contributed by atoms with Gasteiger partial charge in [-0.25, -0.2) is 9.59 Å². The van der Waals surface area contributed by atoms with Crippen LogP contribution >= 0.6 is 0 Å². The summed E-state index contributed by atoms with van der Waals surface area (Å²) in [6, 6.07) is 10.2. The highest BCUT2D eigenvalue weighted by atomic mass is 16.6. The van der Waals surface area contributed by atoms with Crippen molar-refractivity contribution in [2.24, 2.45) is 29.6 Å². The Morgan fingerprint density at radius 3 is 1.27 bits per heavy atom. The predicted octanol–water partition coefficient (Wildman–Crippen LogP) is 5.33. The zero-order valence-electron chi connectivity index (χ0n) is 48.1. The zero-order valence-corrected chi connectivity index (χ0v) is 48.1. The molecule has 0 aliphatic heterocycles. The number of alkyl carbamates (subject to hydrolysis) is 1. The number of ether oxygens (including phenoxy) is 2. The number of methoxy groups -OCH3 is 1. The Labute approximate surface area is 456 Å². The second-order valence-corrected chi connectivity index (χ2v) is 23.3.